The summed E-state index contributed by atoms with van der Waals surface area (Å²) in [6.45, 7) is 6.60. The number of nitrogens with one attached hydrogen (secondary N) is 2. The fraction of sp³-hybridized carbons (Fsp3) is 0.419. The molecule has 2 heterocycles. The van der Waals surface area contributed by atoms with E-state index in [1.54, 1.807) is 13.1 Å². The average molecular weight is 613 g/mol. The summed E-state index contributed by atoms with van der Waals surface area (Å²) in [6, 6.07) is 15.1. The number of rotatable bonds is 14. The van der Waals surface area contributed by atoms with Crippen molar-refractivity contribution >= 4 is 62.5 Å². The van der Waals surface area contributed by atoms with Crippen molar-refractivity contribution in [1.29, 1.82) is 0 Å². The molecule has 10 heteroatoms. The maximum atomic E-state index is 13.7. The first-order valence-corrected chi connectivity index (χ1v) is 16.3. The van der Waals surface area contributed by atoms with Crippen LogP contribution in [0.25, 0.3) is 10.2 Å². The third-order valence-electron chi connectivity index (χ3n) is 7.20. The molecule has 2 N–H and O–H groups in total. The van der Waals surface area contributed by atoms with Gasteiger partial charge in [-0.3, -0.25) is 19.3 Å². The number of carbonyl (C=O) groups is 3. The van der Waals surface area contributed by atoms with Crippen LogP contribution < -0.4 is 10.6 Å². The molecule has 218 valence electrons. The zero-order valence-corrected chi connectivity index (χ0v) is 25.8. The summed E-state index contributed by atoms with van der Waals surface area (Å²) in [5.74, 6) is 1.15. The summed E-state index contributed by atoms with van der Waals surface area (Å²) in [5.41, 5.74) is 2.51. The van der Waals surface area contributed by atoms with Gasteiger partial charge in [0, 0.05) is 74.1 Å². The highest BCUT2D eigenvalue weighted by Gasteiger charge is 2.26. The van der Waals surface area contributed by atoms with Crippen LogP contribution in [0, 0.1) is 5.92 Å². The predicted molar refractivity (Wildman–Crippen MR) is 170 cm³/mol. The minimum absolute atomic E-state index is 0.0329. The maximum absolute atomic E-state index is 13.7. The number of ketones is 1. The van der Waals surface area contributed by atoms with Crippen LogP contribution in [0.1, 0.15) is 29.8 Å². The molecule has 0 saturated carbocycles. The number of thiazole rings is 1. The van der Waals surface area contributed by atoms with Gasteiger partial charge in [0.2, 0.25) is 11.8 Å². The number of Topliss-reactive ketones (excluding diaryl/α,β-unsaturated/α-hetero) is 1. The fourth-order valence-electron chi connectivity index (χ4n) is 4.87. The largest absolute Gasteiger partial charge is 0.359 e. The van der Waals surface area contributed by atoms with Gasteiger partial charge in [0.15, 0.2) is 5.78 Å². The molecule has 0 unspecified atom stereocenters. The van der Waals surface area contributed by atoms with Crippen LogP contribution in [0.4, 0.5) is 0 Å². The van der Waals surface area contributed by atoms with E-state index < -0.39 is 5.92 Å². The highest BCUT2D eigenvalue weighted by Crippen LogP contribution is 2.27. The number of hydrogen-bond acceptors (Lipinski definition) is 7. The molecular weight excluding hydrogens is 576 g/mol. The molecule has 7 nitrogen and oxygen atoms in total. The van der Waals surface area contributed by atoms with E-state index in [9.17, 15) is 14.4 Å². The molecular formula is C31H37ClN4O3S2. The molecule has 0 spiro atoms. The molecule has 1 aliphatic heterocycles. The molecule has 2 aromatic carbocycles. The smallest absolute Gasteiger partial charge is 0.224 e. The lowest BCUT2D eigenvalue weighted by molar-refractivity contribution is -0.130. The van der Waals surface area contributed by atoms with Gasteiger partial charge in [-0.25, -0.2) is 4.98 Å². The Kier molecular flexibility index (Phi) is 11.8. The Bertz CT molecular complexity index is 1360. The third-order valence-corrected chi connectivity index (χ3v) is 9.42. The summed E-state index contributed by atoms with van der Waals surface area (Å²) in [7, 11) is 1.57. The topological polar surface area (TPSA) is 91.4 Å². The Balaban J connectivity index is 1.44. The summed E-state index contributed by atoms with van der Waals surface area (Å²) >= 11 is 9.56. The third kappa shape index (κ3) is 9.67. The maximum Gasteiger partial charge on any atom is 0.224 e. The number of fused-ring (bicyclic) bond motifs is 1. The van der Waals surface area contributed by atoms with Crippen LogP contribution in [-0.4, -0.2) is 71.7 Å². The number of nitrogens with zero attached hydrogens (tertiary/aromatic N) is 2. The van der Waals surface area contributed by atoms with Crippen molar-refractivity contribution in [2.24, 2.45) is 5.92 Å². The quantitative estimate of drug-likeness (QED) is 0.251. The summed E-state index contributed by atoms with van der Waals surface area (Å²) in [4.78, 5) is 46.0. The number of amides is 2. The molecule has 0 bridgehead atoms. The number of carbonyl (C=O) groups excluding carboxylic acids is 3. The van der Waals surface area contributed by atoms with Gasteiger partial charge < -0.3 is 10.6 Å². The molecule has 4 rings (SSSR count). The van der Waals surface area contributed by atoms with Crippen LogP contribution in [0.2, 0.25) is 5.02 Å². The average Bonchev–Trinajstić information content (AvgIpc) is 3.37. The van der Waals surface area contributed by atoms with Crippen LogP contribution in [0.15, 0.2) is 60.7 Å². The summed E-state index contributed by atoms with van der Waals surface area (Å²) in [6.07, 6.45) is 1.75. The van der Waals surface area contributed by atoms with E-state index in [4.69, 9.17) is 11.6 Å². The first kappa shape index (κ1) is 31.2. The number of aromatic nitrogens is 1. The monoisotopic (exact) mass is 612 g/mol. The molecule has 2 amide bonds. The fourth-order valence-corrected chi connectivity index (χ4v) is 7.17. The van der Waals surface area contributed by atoms with Crippen LogP contribution in [0.5, 0.6) is 0 Å². The van der Waals surface area contributed by atoms with E-state index >= 15 is 0 Å². The van der Waals surface area contributed by atoms with Gasteiger partial charge in [-0.1, -0.05) is 48.5 Å². The number of halogens is 1. The molecule has 1 saturated heterocycles. The molecule has 1 aliphatic rings. The van der Waals surface area contributed by atoms with E-state index in [2.05, 4.69) is 27.1 Å². The van der Waals surface area contributed by atoms with Crippen molar-refractivity contribution in [3.05, 3.63) is 76.3 Å². The predicted octanol–water partition coefficient (Wildman–Crippen LogP) is 4.93. The second-order valence-corrected chi connectivity index (χ2v) is 13.1. The van der Waals surface area contributed by atoms with Crippen molar-refractivity contribution in [3.8, 4) is 0 Å². The first-order valence-electron chi connectivity index (χ1n) is 13.9. The number of benzene rings is 2. The summed E-state index contributed by atoms with van der Waals surface area (Å²) in [5, 5.41) is 7.21. The molecule has 2 atom stereocenters. The van der Waals surface area contributed by atoms with Gasteiger partial charge in [0.05, 0.1) is 21.1 Å². The molecule has 1 aromatic heterocycles. The Morgan fingerprint density at radius 3 is 2.59 bits per heavy atom. The molecule has 0 radical (unpaired) electrons. The minimum Gasteiger partial charge on any atom is -0.359 e. The first-order chi connectivity index (χ1) is 19.8. The Hall–Kier alpha value is -2.72. The van der Waals surface area contributed by atoms with Crippen LogP contribution >= 0.6 is 34.7 Å². The van der Waals surface area contributed by atoms with Gasteiger partial charge in [-0.15, -0.1) is 11.3 Å². The van der Waals surface area contributed by atoms with Crippen LogP contribution in [0.3, 0.4) is 0 Å². The van der Waals surface area contributed by atoms with Gasteiger partial charge in [-0.2, -0.15) is 11.8 Å². The van der Waals surface area contributed by atoms with Crippen molar-refractivity contribution < 1.29 is 14.4 Å². The Morgan fingerprint density at radius 1 is 1.10 bits per heavy atom. The van der Waals surface area contributed by atoms with Crippen molar-refractivity contribution in [2.45, 2.75) is 38.1 Å². The second-order valence-electron chi connectivity index (χ2n) is 10.3. The van der Waals surface area contributed by atoms with E-state index in [0.29, 0.717) is 42.8 Å². The standard InChI is InChI=1S/C31H37ClN4O3S2/c1-21(20-36-12-14-40-15-13-36)27(37)11-9-25(16-22-6-4-3-5-7-22)34-31(39)23(17-29(38)33-2)18-30-35-26-10-8-24(32)19-28(26)41-30/h3-8,10,19,23,25H,1,9,11-18,20H2,2H3,(H,33,38)(H,34,39)/t23-,25+/m0/s1. The molecule has 3 aromatic rings. The minimum atomic E-state index is -0.605. The summed E-state index contributed by atoms with van der Waals surface area (Å²) < 4.78 is 0.940. The lowest BCUT2D eigenvalue weighted by Gasteiger charge is -2.26. The lowest BCUT2D eigenvalue weighted by Crippen LogP contribution is -2.42. The van der Waals surface area contributed by atoms with Crippen molar-refractivity contribution in [2.75, 3.05) is 38.2 Å². The van der Waals surface area contributed by atoms with E-state index in [1.807, 2.05) is 54.2 Å². The van der Waals surface area contributed by atoms with E-state index in [1.165, 1.54) is 11.3 Å². The molecule has 41 heavy (non-hydrogen) atoms. The van der Waals surface area contributed by atoms with E-state index in [0.717, 1.165) is 45.4 Å². The van der Waals surface area contributed by atoms with Gasteiger partial charge >= 0.3 is 0 Å². The van der Waals surface area contributed by atoms with Crippen molar-refractivity contribution in [3.63, 3.8) is 0 Å². The molecule has 1 fully saturated rings. The number of thioether (sulfide) groups is 1. The van der Waals surface area contributed by atoms with Gasteiger partial charge in [0.25, 0.3) is 0 Å². The van der Waals surface area contributed by atoms with E-state index in [-0.39, 0.29) is 30.1 Å². The van der Waals surface area contributed by atoms with Crippen molar-refractivity contribution in [1.82, 2.24) is 20.5 Å². The molecule has 0 aliphatic carbocycles. The van der Waals surface area contributed by atoms with Crippen LogP contribution in [-0.2, 0) is 27.2 Å². The SMILES string of the molecule is C=C(CN1CCSCC1)C(=O)CC[C@H](Cc1ccccc1)NC(=O)[C@@H](CC(=O)NC)Cc1nc2ccc(Cl)cc2s1. The Labute approximate surface area is 255 Å². The zero-order chi connectivity index (χ0) is 29.2. The Morgan fingerprint density at radius 2 is 1.85 bits per heavy atom. The lowest BCUT2D eigenvalue weighted by atomic mass is 9.95. The van der Waals surface area contributed by atoms with Gasteiger partial charge in [0.1, 0.15) is 0 Å². The highest BCUT2D eigenvalue weighted by atomic mass is 35.5. The van der Waals surface area contributed by atoms with Gasteiger partial charge in [-0.05, 0) is 36.6 Å². The normalized spacial score (nSPS) is 15.3. The second kappa shape index (κ2) is 15.5. The zero-order valence-electron chi connectivity index (χ0n) is 23.4. The number of hydrogen-bond donors (Lipinski definition) is 2. The highest BCUT2D eigenvalue weighted by molar-refractivity contribution is 7.99.